The second-order valence-electron chi connectivity index (χ2n) is 5.15. The van der Waals surface area contributed by atoms with Gasteiger partial charge in [-0.3, -0.25) is 0 Å². The van der Waals surface area contributed by atoms with Crippen molar-refractivity contribution in [3.05, 3.63) is 0 Å². The van der Waals surface area contributed by atoms with E-state index in [1.165, 1.54) is 13.0 Å². The third kappa shape index (κ3) is 1.89. The Hall–Kier alpha value is -0.0800. The topological polar surface area (TPSA) is 6.48 Å². The number of piperidine rings is 1. The Labute approximate surface area is 82.9 Å². The lowest BCUT2D eigenvalue weighted by molar-refractivity contribution is 0.00200. The molecule has 0 radical (unpaired) electrons. The molecule has 0 aromatic carbocycles. The van der Waals surface area contributed by atoms with Crippen molar-refractivity contribution in [1.82, 2.24) is 9.80 Å². The van der Waals surface area contributed by atoms with E-state index < -0.39 is 0 Å². The van der Waals surface area contributed by atoms with Crippen molar-refractivity contribution < 1.29 is 0 Å². The first kappa shape index (κ1) is 11.0. The van der Waals surface area contributed by atoms with Crippen molar-refractivity contribution in [2.45, 2.75) is 38.8 Å². The van der Waals surface area contributed by atoms with Crippen LogP contribution in [0, 0.1) is 5.92 Å². The Morgan fingerprint density at radius 3 is 2.31 bits per heavy atom. The highest BCUT2D eigenvalue weighted by atomic mass is 15.2. The maximum absolute atomic E-state index is 2.47. The van der Waals surface area contributed by atoms with Crippen LogP contribution in [0.15, 0.2) is 0 Å². The van der Waals surface area contributed by atoms with E-state index in [-0.39, 0.29) is 0 Å². The Balaban J connectivity index is 2.76. The van der Waals surface area contributed by atoms with Gasteiger partial charge in [-0.15, -0.1) is 0 Å². The summed E-state index contributed by atoms with van der Waals surface area (Å²) in [6, 6.07) is 0.712. The second-order valence-corrected chi connectivity index (χ2v) is 5.15. The third-order valence-electron chi connectivity index (χ3n) is 4.11. The molecule has 0 N–H and O–H groups in total. The molecule has 13 heavy (non-hydrogen) atoms. The van der Waals surface area contributed by atoms with Gasteiger partial charge in [-0.05, 0) is 47.3 Å². The summed E-state index contributed by atoms with van der Waals surface area (Å²) in [6.07, 6.45) is 1.28. The average Bonchev–Trinajstić information content (AvgIpc) is 2.01. The molecule has 3 atom stereocenters. The van der Waals surface area contributed by atoms with E-state index >= 15 is 0 Å². The SMILES string of the molecule is C[C@@H]1C[C@@](C)(N(C)C)[C@H](C)CN1C. The third-order valence-corrected chi connectivity index (χ3v) is 4.11. The summed E-state index contributed by atoms with van der Waals surface area (Å²) < 4.78 is 0. The predicted octanol–water partition coefficient (Wildman–Crippen LogP) is 1.67. The molecule has 1 fully saturated rings. The molecule has 0 spiro atoms. The summed E-state index contributed by atoms with van der Waals surface area (Å²) in [5.74, 6) is 0.753. The average molecular weight is 184 g/mol. The predicted molar refractivity (Wildman–Crippen MR) is 58.0 cm³/mol. The molecule has 1 aliphatic rings. The lowest BCUT2D eigenvalue weighted by Gasteiger charge is -2.50. The first-order valence-corrected chi connectivity index (χ1v) is 5.25. The molecule has 1 saturated heterocycles. The smallest absolute Gasteiger partial charge is 0.0227 e. The van der Waals surface area contributed by atoms with Gasteiger partial charge in [-0.2, -0.15) is 0 Å². The summed E-state index contributed by atoms with van der Waals surface area (Å²) in [7, 11) is 6.64. The lowest BCUT2D eigenvalue weighted by Crippen LogP contribution is -2.58. The van der Waals surface area contributed by atoms with Crippen LogP contribution >= 0.6 is 0 Å². The maximum atomic E-state index is 2.47. The Kier molecular flexibility index (Phi) is 3.03. The molecule has 2 nitrogen and oxygen atoms in total. The van der Waals surface area contributed by atoms with Crippen LogP contribution in [-0.2, 0) is 0 Å². The molecular formula is C11H24N2. The fourth-order valence-corrected chi connectivity index (χ4v) is 2.39. The molecule has 1 rings (SSSR count). The van der Waals surface area contributed by atoms with Gasteiger partial charge >= 0.3 is 0 Å². The number of hydrogen-bond acceptors (Lipinski definition) is 2. The van der Waals surface area contributed by atoms with Gasteiger partial charge in [0, 0.05) is 18.1 Å². The van der Waals surface area contributed by atoms with Crippen LogP contribution in [0.2, 0.25) is 0 Å². The number of rotatable bonds is 1. The fraction of sp³-hybridized carbons (Fsp3) is 1.00. The summed E-state index contributed by atoms with van der Waals surface area (Å²) in [5, 5.41) is 0. The molecule has 0 amide bonds. The molecule has 0 unspecified atom stereocenters. The minimum atomic E-state index is 0.381. The maximum Gasteiger partial charge on any atom is 0.0227 e. The zero-order chi connectivity index (χ0) is 10.2. The molecule has 0 saturated carbocycles. The zero-order valence-electron chi connectivity index (χ0n) is 9.96. The van der Waals surface area contributed by atoms with E-state index in [4.69, 9.17) is 0 Å². The summed E-state index contributed by atoms with van der Waals surface area (Å²) in [5.41, 5.74) is 0.381. The van der Waals surface area contributed by atoms with E-state index in [1.54, 1.807) is 0 Å². The van der Waals surface area contributed by atoms with Crippen molar-refractivity contribution in [2.24, 2.45) is 5.92 Å². The molecule has 0 aliphatic carbocycles. The van der Waals surface area contributed by atoms with E-state index in [0.717, 1.165) is 5.92 Å². The zero-order valence-corrected chi connectivity index (χ0v) is 9.96. The van der Waals surface area contributed by atoms with Gasteiger partial charge in [0.1, 0.15) is 0 Å². The van der Waals surface area contributed by atoms with Crippen molar-refractivity contribution in [2.75, 3.05) is 27.7 Å². The van der Waals surface area contributed by atoms with Crippen molar-refractivity contribution in [3.8, 4) is 0 Å². The number of likely N-dealkylation sites (tertiary alicyclic amines) is 1. The van der Waals surface area contributed by atoms with Gasteiger partial charge < -0.3 is 9.80 Å². The van der Waals surface area contributed by atoms with Gasteiger partial charge in [0.25, 0.3) is 0 Å². The lowest BCUT2D eigenvalue weighted by atomic mass is 9.77. The van der Waals surface area contributed by atoms with Crippen LogP contribution < -0.4 is 0 Å². The van der Waals surface area contributed by atoms with Crippen LogP contribution in [0.5, 0.6) is 0 Å². The molecule has 0 bridgehead atoms. The molecule has 78 valence electrons. The standard InChI is InChI=1S/C11H24N2/c1-9-8-13(6)10(2)7-11(9,3)12(4)5/h9-10H,7-8H2,1-6H3/t9-,10-,11-/m1/s1. The van der Waals surface area contributed by atoms with E-state index in [2.05, 4.69) is 51.7 Å². The van der Waals surface area contributed by atoms with E-state index in [9.17, 15) is 0 Å². The monoisotopic (exact) mass is 184 g/mol. The molecule has 0 aromatic heterocycles. The number of hydrogen-bond donors (Lipinski definition) is 0. The van der Waals surface area contributed by atoms with Crippen molar-refractivity contribution in [3.63, 3.8) is 0 Å². The first-order valence-electron chi connectivity index (χ1n) is 5.25. The highest BCUT2D eigenvalue weighted by Crippen LogP contribution is 2.33. The molecule has 1 heterocycles. The summed E-state index contributed by atoms with van der Waals surface area (Å²) >= 11 is 0. The molecule has 0 aromatic rings. The largest absolute Gasteiger partial charge is 0.304 e. The minimum absolute atomic E-state index is 0.381. The molecule has 1 aliphatic heterocycles. The van der Waals surface area contributed by atoms with Crippen LogP contribution in [0.25, 0.3) is 0 Å². The van der Waals surface area contributed by atoms with Crippen LogP contribution in [0.1, 0.15) is 27.2 Å². The Bertz CT molecular complexity index is 179. The molecule has 2 heteroatoms. The quantitative estimate of drug-likeness (QED) is 0.611. The normalized spacial score (nSPS) is 42.7. The second kappa shape index (κ2) is 3.58. The Morgan fingerprint density at radius 1 is 1.31 bits per heavy atom. The van der Waals surface area contributed by atoms with Crippen LogP contribution in [-0.4, -0.2) is 49.1 Å². The van der Waals surface area contributed by atoms with Gasteiger partial charge in [0.2, 0.25) is 0 Å². The van der Waals surface area contributed by atoms with Crippen LogP contribution in [0.4, 0.5) is 0 Å². The highest BCUT2D eigenvalue weighted by molar-refractivity contribution is 4.96. The van der Waals surface area contributed by atoms with Gasteiger partial charge in [-0.25, -0.2) is 0 Å². The highest BCUT2D eigenvalue weighted by Gasteiger charge is 2.40. The van der Waals surface area contributed by atoms with Gasteiger partial charge in [0.05, 0.1) is 0 Å². The van der Waals surface area contributed by atoms with Crippen LogP contribution in [0.3, 0.4) is 0 Å². The van der Waals surface area contributed by atoms with Crippen molar-refractivity contribution >= 4 is 0 Å². The first-order chi connectivity index (χ1) is 5.88. The minimum Gasteiger partial charge on any atom is -0.304 e. The number of nitrogens with zero attached hydrogens (tertiary/aromatic N) is 2. The summed E-state index contributed by atoms with van der Waals surface area (Å²) in [4.78, 5) is 4.86. The van der Waals surface area contributed by atoms with E-state index in [1.807, 2.05) is 0 Å². The van der Waals surface area contributed by atoms with Gasteiger partial charge in [-0.1, -0.05) is 6.92 Å². The van der Waals surface area contributed by atoms with Gasteiger partial charge in [0.15, 0.2) is 0 Å². The Morgan fingerprint density at radius 2 is 1.85 bits per heavy atom. The molecular weight excluding hydrogens is 160 g/mol. The summed E-state index contributed by atoms with van der Waals surface area (Å²) in [6.45, 7) is 8.30. The van der Waals surface area contributed by atoms with Crippen molar-refractivity contribution in [1.29, 1.82) is 0 Å². The fourth-order valence-electron chi connectivity index (χ4n) is 2.39. The van der Waals surface area contributed by atoms with E-state index in [0.29, 0.717) is 11.6 Å².